The zero-order chi connectivity index (χ0) is 16.1. The molecule has 1 aromatic rings. The van der Waals surface area contributed by atoms with Crippen molar-refractivity contribution in [2.24, 2.45) is 11.7 Å². The molecule has 22 heavy (non-hydrogen) atoms. The van der Waals surface area contributed by atoms with Crippen molar-refractivity contribution >= 4 is 0 Å². The molecule has 0 amide bonds. The summed E-state index contributed by atoms with van der Waals surface area (Å²) in [5.41, 5.74) is 8.78. The highest BCUT2D eigenvalue weighted by atomic mass is 16.5. The minimum absolute atomic E-state index is 0.355. The summed E-state index contributed by atoms with van der Waals surface area (Å²) in [5.74, 6) is 2.03. The van der Waals surface area contributed by atoms with Gasteiger partial charge in [0.15, 0.2) is 0 Å². The van der Waals surface area contributed by atoms with Crippen LogP contribution in [-0.4, -0.2) is 37.7 Å². The largest absolute Gasteiger partial charge is 0.496 e. The molecule has 2 N–H and O–H groups in total. The van der Waals surface area contributed by atoms with Crippen molar-refractivity contribution in [3.8, 4) is 5.75 Å². The van der Waals surface area contributed by atoms with Gasteiger partial charge in [0.2, 0.25) is 0 Å². The molecule has 1 aliphatic rings. The van der Waals surface area contributed by atoms with Gasteiger partial charge in [-0.15, -0.1) is 0 Å². The van der Waals surface area contributed by atoms with Gasteiger partial charge in [0.25, 0.3) is 0 Å². The summed E-state index contributed by atoms with van der Waals surface area (Å²) in [6, 6.07) is 7.00. The van der Waals surface area contributed by atoms with Crippen LogP contribution in [0.3, 0.4) is 0 Å². The predicted octanol–water partition coefficient (Wildman–Crippen LogP) is 3.56. The van der Waals surface area contributed by atoms with Gasteiger partial charge in [-0.3, -0.25) is 4.90 Å². The van der Waals surface area contributed by atoms with Crippen molar-refractivity contribution in [1.29, 1.82) is 0 Å². The Labute approximate surface area is 135 Å². The van der Waals surface area contributed by atoms with Gasteiger partial charge < -0.3 is 10.5 Å². The number of nitrogens with two attached hydrogens (primary N) is 1. The van der Waals surface area contributed by atoms with Crippen LogP contribution in [0.4, 0.5) is 0 Å². The number of likely N-dealkylation sites (tertiary alicyclic amines) is 1. The molecule has 124 valence electrons. The zero-order valence-corrected chi connectivity index (χ0v) is 14.6. The molecular formula is C19H32N2O. The lowest BCUT2D eigenvalue weighted by Crippen LogP contribution is -2.46. The third-order valence-corrected chi connectivity index (χ3v) is 4.77. The summed E-state index contributed by atoms with van der Waals surface area (Å²) in [7, 11) is 1.76. The summed E-state index contributed by atoms with van der Waals surface area (Å²) in [5, 5.41) is 0. The van der Waals surface area contributed by atoms with E-state index in [0.29, 0.717) is 24.4 Å². The molecule has 1 saturated heterocycles. The second-order valence-electron chi connectivity index (χ2n) is 7.04. The maximum atomic E-state index is 6.22. The van der Waals surface area contributed by atoms with Crippen molar-refractivity contribution < 1.29 is 4.74 Å². The molecule has 2 atom stereocenters. The average Bonchev–Trinajstić information content (AvgIpc) is 2.49. The summed E-state index contributed by atoms with van der Waals surface area (Å²) < 4.78 is 5.62. The van der Waals surface area contributed by atoms with Crippen LogP contribution in [0.1, 0.15) is 50.2 Å². The first-order chi connectivity index (χ1) is 10.6. The van der Waals surface area contributed by atoms with Crippen LogP contribution in [0.15, 0.2) is 18.2 Å². The normalized spacial score (nSPS) is 21.1. The number of nitrogens with zero attached hydrogens (tertiary/aromatic N) is 1. The first kappa shape index (κ1) is 17.3. The lowest BCUT2D eigenvalue weighted by molar-refractivity contribution is 0.112. The Kier molecular flexibility index (Phi) is 6.27. The van der Waals surface area contributed by atoms with E-state index in [9.17, 15) is 0 Å². The molecule has 0 radical (unpaired) electrons. The third-order valence-electron chi connectivity index (χ3n) is 4.77. The third kappa shape index (κ3) is 4.02. The highest BCUT2D eigenvalue weighted by molar-refractivity contribution is 5.40. The van der Waals surface area contributed by atoms with Crippen LogP contribution in [0.25, 0.3) is 0 Å². The molecule has 3 nitrogen and oxygen atoms in total. The van der Waals surface area contributed by atoms with Crippen molar-refractivity contribution in [2.45, 2.75) is 52.0 Å². The maximum Gasteiger partial charge on any atom is 0.122 e. The van der Waals surface area contributed by atoms with Gasteiger partial charge >= 0.3 is 0 Å². The van der Waals surface area contributed by atoms with Crippen molar-refractivity contribution in [2.75, 3.05) is 26.7 Å². The van der Waals surface area contributed by atoms with E-state index >= 15 is 0 Å². The Morgan fingerprint density at radius 2 is 2.09 bits per heavy atom. The monoisotopic (exact) mass is 304 g/mol. The van der Waals surface area contributed by atoms with E-state index in [0.717, 1.165) is 12.3 Å². The molecule has 1 aromatic carbocycles. The molecule has 3 heteroatoms. The van der Waals surface area contributed by atoms with E-state index in [1.165, 1.54) is 36.9 Å². The van der Waals surface area contributed by atoms with Crippen LogP contribution < -0.4 is 10.5 Å². The fourth-order valence-corrected chi connectivity index (χ4v) is 3.80. The summed E-state index contributed by atoms with van der Waals surface area (Å²) in [6.07, 6.45) is 3.86. The number of rotatable bonds is 6. The Hall–Kier alpha value is -1.06. The molecule has 0 aromatic heterocycles. The van der Waals surface area contributed by atoms with E-state index in [2.05, 4.69) is 43.9 Å². The Balaban J connectivity index is 2.30. The molecule has 2 rings (SSSR count). The smallest absolute Gasteiger partial charge is 0.122 e. The quantitative estimate of drug-likeness (QED) is 0.873. The molecule has 1 aliphatic heterocycles. The van der Waals surface area contributed by atoms with Crippen LogP contribution in [-0.2, 0) is 0 Å². The number of hydrogen-bond acceptors (Lipinski definition) is 3. The second kappa shape index (κ2) is 7.98. The van der Waals surface area contributed by atoms with Gasteiger partial charge in [-0.25, -0.2) is 0 Å². The van der Waals surface area contributed by atoms with E-state index in [1.807, 2.05) is 0 Å². The van der Waals surface area contributed by atoms with E-state index < -0.39 is 0 Å². The lowest BCUT2D eigenvalue weighted by atomic mass is 9.83. The molecule has 0 aliphatic carbocycles. The van der Waals surface area contributed by atoms with Crippen LogP contribution in [0.2, 0.25) is 0 Å². The fourth-order valence-electron chi connectivity index (χ4n) is 3.80. The van der Waals surface area contributed by atoms with Crippen LogP contribution in [0, 0.1) is 12.8 Å². The summed E-state index contributed by atoms with van der Waals surface area (Å²) in [6.45, 7) is 9.79. The van der Waals surface area contributed by atoms with E-state index in [1.54, 1.807) is 7.11 Å². The van der Waals surface area contributed by atoms with Gasteiger partial charge in [0.05, 0.1) is 7.11 Å². The van der Waals surface area contributed by atoms with Gasteiger partial charge in [-0.1, -0.05) is 38.0 Å². The topological polar surface area (TPSA) is 38.5 Å². The molecule has 1 fully saturated rings. The minimum atomic E-state index is 0.355. The van der Waals surface area contributed by atoms with Crippen molar-refractivity contribution in [3.63, 3.8) is 0 Å². The highest BCUT2D eigenvalue weighted by Gasteiger charge is 2.31. The molecule has 0 spiro atoms. The van der Waals surface area contributed by atoms with Crippen molar-refractivity contribution in [3.05, 3.63) is 29.3 Å². The van der Waals surface area contributed by atoms with E-state index in [4.69, 9.17) is 10.5 Å². The first-order valence-corrected chi connectivity index (χ1v) is 8.65. The van der Waals surface area contributed by atoms with Gasteiger partial charge in [-0.2, -0.15) is 0 Å². The lowest BCUT2D eigenvalue weighted by Gasteiger charge is -2.41. The van der Waals surface area contributed by atoms with Gasteiger partial charge in [0.1, 0.15) is 5.75 Å². The molecule has 0 bridgehead atoms. The number of methoxy groups -OCH3 is 1. The number of piperidine rings is 1. The van der Waals surface area contributed by atoms with Crippen molar-refractivity contribution in [1.82, 2.24) is 4.90 Å². The molecule has 1 heterocycles. The maximum absolute atomic E-state index is 6.22. The first-order valence-electron chi connectivity index (χ1n) is 8.65. The Morgan fingerprint density at radius 1 is 1.32 bits per heavy atom. The summed E-state index contributed by atoms with van der Waals surface area (Å²) >= 11 is 0. The van der Waals surface area contributed by atoms with Gasteiger partial charge in [0, 0.05) is 30.6 Å². The summed E-state index contributed by atoms with van der Waals surface area (Å²) in [4.78, 5) is 2.66. The number of benzene rings is 1. The SMILES string of the molecule is COc1ccc(C)cc1C(CN)C1CCCCN1CC(C)C. The average molecular weight is 304 g/mol. The van der Waals surface area contributed by atoms with Gasteiger partial charge in [-0.05, 0) is 38.3 Å². The predicted molar refractivity (Wildman–Crippen MR) is 93.6 cm³/mol. The molecule has 0 saturated carbocycles. The molecular weight excluding hydrogens is 272 g/mol. The molecule has 2 unspecified atom stereocenters. The second-order valence-corrected chi connectivity index (χ2v) is 7.04. The Bertz CT molecular complexity index is 473. The van der Waals surface area contributed by atoms with Crippen LogP contribution >= 0.6 is 0 Å². The number of aryl methyl sites for hydroxylation is 1. The zero-order valence-electron chi connectivity index (χ0n) is 14.6. The number of hydrogen-bond donors (Lipinski definition) is 1. The fraction of sp³-hybridized carbons (Fsp3) is 0.684. The minimum Gasteiger partial charge on any atom is -0.496 e. The standard InChI is InChI=1S/C19H32N2O/c1-14(2)13-21-10-6-5-7-18(21)17(12-20)16-11-15(3)8-9-19(16)22-4/h8-9,11,14,17-18H,5-7,10,12-13,20H2,1-4H3. The highest BCUT2D eigenvalue weighted by Crippen LogP contribution is 2.35. The Morgan fingerprint density at radius 3 is 2.73 bits per heavy atom. The van der Waals surface area contributed by atoms with E-state index in [-0.39, 0.29) is 0 Å². The number of ether oxygens (including phenoxy) is 1. The van der Waals surface area contributed by atoms with Crippen LogP contribution in [0.5, 0.6) is 5.75 Å².